The van der Waals surface area contributed by atoms with Gasteiger partial charge in [0.25, 0.3) is 5.92 Å². The van der Waals surface area contributed by atoms with Crippen LogP contribution in [0.4, 0.5) is 8.78 Å². The fraction of sp³-hybridized carbons (Fsp3) is 0.300. The van der Waals surface area contributed by atoms with E-state index >= 15 is 0 Å². The van der Waals surface area contributed by atoms with E-state index in [4.69, 9.17) is 5.73 Å². The average Bonchev–Trinajstić information content (AvgIpc) is 2.86. The summed E-state index contributed by atoms with van der Waals surface area (Å²) < 4.78 is 27.8. The molecule has 0 atom stereocenters. The standard InChI is InChI=1S/C10H11F2N3S/c11-10(12,5-13)6-15-7-14-3-9(15)8-1-2-16-4-8/h1-4,7H,5-6,13H2. The summed E-state index contributed by atoms with van der Waals surface area (Å²) in [6.07, 6.45) is 2.98. The molecular weight excluding hydrogens is 232 g/mol. The number of rotatable bonds is 4. The monoisotopic (exact) mass is 243 g/mol. The van der Waals surface area contributed by atoms with Gasteiger partial charge in [-0.05, 0) is 11.4 Å². The molecule has 0 aliphatic rings. The molecule has 0 fully saturated rings. The maximum Gasteiger partial charge on any atom is 0.277 e. The molecule has 0 saturated heterocycles. The van der Waals surface area contributed by atoms with Gasteiger partial charge in [-0.2, -0.15) is 11.3 Å². The van der Waals surface area contributed by atoms with E-state index in [0.717, 1.165) is 5.56 Å². The van der Waals surface area contributed by atoms with Crippen LogP contribution >= 0.6 is 11.3 Å². The van der Waals surface area contributed by atoms with Crippen LogP contribution in [0.5, 0.6) is 0 Å². The zero-order chi connectivity index (χ0) is 11.6. The third-order valence-electron chi connectivity index (χ3n) is 2.23. The molecule has 0 bridgehead atoms. The first-order chi connectivity index (χ1) is 7.62. The number of halogens is 2. The molecule has 0 aliphatic heterocycles. The predicted octanol–water partition coefficient (Wildman–Crippen LogP) is 2.21. The van der Waals surface area contributed by atoms with E-state index in [0.29, 0.717) is 5.69 Å². The Balaban J connectivity index is 2.27. The molecule has 86 valence electrons. The number of hydrogen-bond acceptors (Lipinski definition) is 3. The Hall–Kier alpha value is -1.27. The van der Waals surface area contributed by atoms with Crippen LogP contribution in [-0.4, -0.2) is 22.0 Å². The Morgan fingerprint density at radius 1 is 1.50 bits per heavy atom. The Labute approximate surface area is 95.5 Å². The van der Waals surface area contributed by atoms with Crippen LogP contribution in [0.1, 0.15) is 0 Å². The summed E-state index contributed by atoms with van der Waals surface area (Å²) in [5.74, 6) is -2.90. The molecule has 16 heavy (non-hydrogen) atoms. The van der Waals surface area contributed by atoms with Crippen molar-refractivity contribution < 1.29 is 8.78 Å². The zero-order valence-electron chi connectivity index (χ0n) is 8.44. The second-order valence-electron chi connectivity index (χ2n) is 3.48. The lowest BCUT2D eigenvalue weighted by molar-refractivity contribution is -0.00624. The van der Waals surface area contributed by atoms with Gasteiger partial charge in [-0.1, -0.05) is 0 Å². The van der Waals surface area contributed by atoms with Gasteiger partial charge in [0.1, 0.15) is 0 Å². The smallest absolute Gasteiger partial charge is 0.277 e. The van der Waals surface area contributed by atoms with Crippen LogP contribution in [0.15, 0.2) is 29.4 Å². The van der Waals surface area contributed by atoms with E-state index in [9.17, 15) is 8.78 Å². The minimum Gasteiger partial charge on any atom is -0.325 e. The Morgan fingerprint density at radius 3 is 2.94 bits per heavy atom. The van der Waals surface area contributed by atoms with Gasteiger partial charge in [0.15, 0.2) is 0 Å². The lowest BCUT2D eigenvalue weighted by Gasteiger charge is -2.15. The van der Waals surface area contributed by atoms with E-state index < -0.39 is 19.0 Å². The molecule has 2 aromatic heterocycles. The van der Waals surface area contributed by atoms with Gasteiger partial charge in [-0.25, -0.2) is 13.8 Å². The van der Waals surface area contributed by atoms with Gasteiger partial charge in [0.05, 0.1) is 31.3 Å². The van der Waals surface area contributed by atoms with Crippen molar-refractivity contribution in [2.75, 3.05) is 6.54 Å². The van der Waals surface area contributed by atoms with Gasteiger partial charge < -0.3 is 10.3 Å². The molecule has 0 unspecified atom stereocenters. The van der Waals surface area contributed by atoms with Crippen molar-refractivity contribution in [3.63, 3.8) is 0 Å². The Morgan fingerprint density at radius 2 is 2.31 bits per heavy atom. The van der Waals surface area contributed by atoms with Crippen molar-refractivity contribution in [3.05, 3.63) is 29.4 Å². The van der Waals surface area contributed by atoms with Crippen molar-refractivity contribution >= 4 is 11.3 Å². The molecule has 0 aromatic carbocycles. The molecule has 6 heteroatoms. The van der Waals surface area contributed by atoms with Crippen LogP contribution in [0.25, 0.3) is 11.3 Å². The van der Waals surface area contributed by atoms with Crippen molar-refractivity contribution in [3.8, 4) is 11.3 Å². The summed E-state index contributed by atoms with van der Waals surface area (Å²) in [5, 5.41) is 3.79. The normalized spacial score (nSPS) is 11.9. The maximum atomic E-state index is 13.2. The highest BCUT2D eigenvalue weighted by Gasteiger charge is 2.28. The summed E-state index contributed by atoms with van der Waals surface area (Å²) in [7, 11) is 0. The van der Waals surface area contributed by atoms with E-state index in [1.807, 2.05) is 16.8 Å². The predicted molar refractivity (Wildman–Crippen MR) is 59.5 cm³/mol. The van der Waals surface area contributed by atoms with Crippen LogP contribution in [0.2, 0.25) is 0 Å². The second kappa shape index (κ2) is 4.31. The Kier molecular flexibility index (Phi) is 3.02. The minimum absolute atomic E-state index is 0.436. The van der Waals surface area contributed by atoms with E-state index in [1.165, 1.54) is 22.2 Å². The van der Waals surface area contributed by atoms with E-state index in [1.54, 1.807) is 6.20 Å². The van der Waals surface area contributed by atoms with Crippen molar-refractivity contribution in [2.24, 2.45) is 5.73 Å². The minimum atomic E-state index is -2.90. The first-order valence-electron chi connectivity index (χ1n) is 4.73. The molecule has 0 amide bonds. The highest BCUT2D eigenvalue weighted by Crippen LogP contribution is 2.24. The molecule has 2 N–H and O–H groups in total. The highest BCUT2D eigenvalue weighted by molar-refractivity contribution is 7.08. The number of aromatic nitrogens is 2. The summed E-state index contributed by atoms with van der Waals surface area (Å²) in [6.45, 7) is -1.09. The molecule has 3 nitrogen and oxygen atoms in total. The molecule has 0 radical (unpaired) electrons. The molecule has 2 heterocycles. The number of nitrogens with zero attached hydrogens (tertiary/aromatic N) is 2. The summed E-state index contributed by atoms with van der Waals surface area (Å²) in [4.78, 5) is 3.89. The van der Waals surface area contributed by atoms with Crippen molar-refractivity contribution in [2.45, 2.75) is 12.5 Å². The van der Waals surface area contributed by atoms with Gasteiger partial charge in [0.2, 0.25) is 0 Å². The quantitative estimate of drug-likeness (QED) is 0.894. The molecule has 0 aliphatic carbocycles. The summed E-state index contributed by atoms with van der Waals surface area (Å²) in [5.41, 5.74) is 6.60. The van der Waals surface area contributed by atoms with Crippen LogP contribution < -0.4 is 5.73 Å². The fourth-order valence-electron chi connectivity index (χ4n) is 1.41. The molecular formula is C10H11F2N3S. The summed E-state index contributed by atoms with van der Waals surface area (Å²) in [6, 6.07) is 1.87. The zero-order valence-corrected chi connectivity index (χ0v) is 9.25. The molecule has 2 aromatic rings. The number of thiophene rings is 1. The van der Waals surface area contributed by atoms with Crippen molar-refractivity contribution in [1.82, 2.24) is 9.55 Å². The molecule has 2 rings (SSSR count). The first-order valence-corrected chi connectivity index (χ1v) is 5.67. The van der Waals surface area contributed by atoms with Crippen LogP contribution in [-0.2, 0) is 6.54 Å². The maximum absolute atomic E-state index is 13.2. The van der Waals surface area contributed by atoms with E-state index in [-0.39, 0.29) is 0 Å². The first kappa shape index (κ1) is 11.2. The van der Waals surface area contributed by atoms with Crippen LogP contribution in [0.3, 0.4) is 0 Å². The lowest BCUT2D eigenvalue weighted by atomic mass is 10.2. The van der Waals surface area contributed by atoms with Crippen LogP contribution in [0, 0.1) is 0 Å². The Bertz CT molecular complexity index is 450. The van der Waals surface area contributed by atoms with Gasteiger partial charge >= 0.3 is 0 Å². The largest absolute Gasteiger partial charge is 0.325 e. The second-order valence-corrected chi connectivity index (χ2v) is 4.26. The van der Waals surface area contributed by atoms with Gasteiger partial charge in [-0.3, -0.25) is 0 Å². The summed E-state index contributed by atoms with van der Waals surface area (Å²) >= 11 is 1.52. The van der Waals surface area contributed by atoms with Crippen molar-refractivity contribution in [1.29, 1.82) is 0 Å². The highest BCUT2D eigenvalue weighted by atomic mass is 32.1. The average molecular weight is 243 g/mol. The SMILES string of the molecule is NCC(F)(F)Cn1cncc1-c1ccsc1. The number of imidazole rings is 1. The fourth-order valence-corrected chi connectivity index (χ4v) is 2.06. The van der Waals surface area contributed by atoms with Gasteiger partial charge in [-0.15, -0.1) is 0 Å². The topological polar surface area (TPSA) is 43.8 Å². The van der Waals surface area contributed by atoms with E-state index in [2.05, 4.69) is 4.98 Å². The molecule has 0 spiro atoms. The lowest BCUT2D eigenvalue weighted by Crippen LogP contribution is -2.32. The number of nitrogens with two attached hydrogens (primary N) is 1. The third kappa shape index (κ3) is 2.28. The number of hydrogen-bond donors (Lipinski definition) is 1. The third-order valence-corrected chi connectivity index (χ3v) is 2.91. The van der Waals surface area contributed by atoms with Gasteiger partial charge in [0, 0.05) is 10.9 Å². The molecule has 0 saturated carbocycles. The number of alkyl halides is 2.